The van der Waals surface area contributed by atoms with E-state index in [1.807, 2.05) is 62.4 Å². The number of fused-ring (bicyclic) bond motifs is 2. The third-order valence-electron chi connectivity index (χ3n) is 5.23. The van der Waals surface area contributed by atoms with Crippen LogP contribution in [0.4, 0.5) is 0 Å². The zero-order valence-electron chi connectivity index (χ0n) is 17.4. The van der Waals surface area contributed by atoms with Crippen molar-refractivity contribution in [2.75, 3.05) is 6.61 Å². The predicted octanol–water partition coefficient (Wildman–Crippen LogP) is 2.62. The van der Waals surface area contributed by atoms with Crippen LogP contribution in [0.15, 0.2) is 59.4 Å². The summed E-state index contributed by atoms with van der Waals surface area (Å²) in [5.74, 6) is 0.122. The lowest BCUT2D eigenvalue weighted by molar-refractivity contribution is -0.122. The van der Waals surface area contributed by atoms with E-state index in [1.54, 1.807) is 6.07 Å². The molecule has 158 valence electrons. The number of benzene rings is 2. The van der Waals surface area contributed by atoms with E-state index in [2.05, 4.69) is 20.7 Å². The first-order valence-corrected chi connectivity index (χ1v) is 10.2. The number of aromatic nitrogens is 4. The Hall–Kier alpha value is -3.81. The summed E-state index contributed by atoms with van der Waals surface area (Å²) >= 11 is 0. The first-order valence-electron chi connectivity index (χ1n) is 10.2. The molecule has 1 amide bonds. The number of aryl methyl sites for hydroxylation is 1. The van der Waals surface area contributed by atoms with Gasteiger partial charge in [-0.2, -0.15) is 0 Å². The third kappa shape index (κ3) is 4.37. The van der Waals surface area contributed by atoms with Gasteiger partial charge < -0.3 is 10.1 Å². The van der Waals surface area contributed by atoms with Gasteiger partial charge in [-0.1, -0.05) is 42.4 Å². The second kappa shape index (κ2) is 8.91. The Bertz CT molecular complexity index is 1300. The molecule has 0 spiro atoms. The highest BCUT2D eigenvalue weighted by Gasteiger charge is 2.15. The number of hydrogen-bond acceptors (Lipinski definition) is 6. The molecule has 0 radical (unpaired) electrons. The molecule has 2 heterocycles. The van der Waals surface area contributed by atoms with Crippen LogP contribution in [0.1, 0.15) is 18.9 Å². The van der Waals surface area contributed by atoms with Gasteiger partial charge >= 0.3 is 0 Å². The fraction of sp³-hybridized carbons (Fsp3) is 0.261. The smallest absolute Gasteiger partial charge is 0.251 e. The van der Waals surface area contributed by atoms with Gasteiger partial charge in [0, 0.05) is 11.5 Å². The van der Waals surface area contributed by atoms with Crippen LogP contribution in [0.3, 0.4) is 0 Å². The summed E-state index contributed by atoms with van der Waals surface area (Å²) in [5, 5.41) is 16.3. The van der Waals surface area contributed by atoms with E-state index in [0.29, 0.717) is 17.8 Å². The molecule has 0 fully saturated rings. The molecule has 8 nitrogen and oxygen atoms in total. The molecule has 0 aliphatic carbocycles. The van der Waals surface area contributed by atoms with E-state index in [1.165, 1.54) is 4.57 Å². The van der Waals surface area contributed by atoms with Crippen molar-refractivity contribution in [2.45, 2.75) is 32.9 Å². The highest BCUT2D eigenvalue weighted by Crippen LogP contribution is 2.20. The predicted molar refractivity (Wildman–Crippen MR) is 118 cm³/mol. The van der Waals surface area contributed by atoms with Crippen molar-refractivity contribution in [1.29, 1.82) is 0 Å². The second-order valence-electron chi connectivity index (χ2n) is 7.36. The fourth-order valence-corrected chi connectivity index (χ4v) is 3.54. The molecule has 8 heteroatoms. The zero-order valence-corrected chi connectivity index (χ0v) is 17.4. The van der Waals surface area contributed by atoms with Crippen LogP contribution < -0.4 is 15.6 Å². The van der Waals surface area contributed by atoms with Crippen molar-refractivity contribution >= 4 is 27.7 Å². The van der Waals surface area contributed by atoms with Crippen LogP contribution in [0.25, 0.3) is 21.8 Å². The maximum atomic E-state index is 12.7. The summed E-state index contributed by atoms with van der Waals surface area (Å²) in [5.41, 5.74) is 2.12. The van der Waals surface area contributed by atoms with Crippen molar-refractivity contribution in [2.24, 2.45) is 0 Å². The molecule has 31 heavy (non-hydrogen) atoms. The number of nitrogens with zero attached hydrogens (tertiary/aromatic N) is 4. The number of pyridine rings is 1. The van der Waals surface area contributed by atoms with E-state index in [-0.39, 0.29) is 30.7 Å². The lowest BCUT2D eigenvalue weighted by Crippen LogP contribution is -2.41. The molecule has 4 rings (SSSR count). The first-order chi connectivity index (χ1) is 15.1. The summed E-state index contributed by atoms with van der Waals surface area (Å²) in [6.07, 6.45) is 0.658. The Balaban J connectivity index is 1.46. The summed E-state index contributed by atoms with van der Waals surface area (Å²) < 4.78 is 7.33. The molecule has 4 aromatic rings. The normalized spacial score (nSPS) is 12.1. The van der Waals surface area contributed by atoms with Gasteiger partial charge in [-0.05, 0) is 42.3 Å². The molecule has 0 bridgehead atoms. The van der Waals surface area contributed by atoms with Crippen molar-refractivity contribution in [1.82, 2.24) is 25.3 Å². The minimum absolute atomic E-state index is 0.0614. The maximum absolute atomic E-state index is 12.7. The molecule has 0 aliphatic rings. The van der Waals surface area contributed by atoms with Crippen molar-refractivity contribution < 1.29 is 9.53 Å². The van der Waals surface area contributed by atoms with Crippen molar-refractivity contribution in [3.63, 3.8) is 0 Å². The van der Waals surface area contributed by atoms with E-state index in [4.69, 9.17) is 4.74 Å². The summed E-state index contributed by atoms with van der Waals surface area (Å²) in [6.45, 7) is 4.02. The van der Waals surface area contributed by atoms with Gasteiger partial charge in [0.2, 0.25) is 11.8 Å². The molecule has 0 saturated heterocycles. The van der Waals surface area contributed by atoms with Gasteiger partial charge in [0.05, 0.1) is 16.9 Å². The monoisotopic (exact) mass is 417 g/mol. The summed E-state index contributed by atoms with van der Waals surface area (Å²) in [4.78, 5) is 25.2. The molecule has 0 saturated carbocycles. The highest BCUT2D eigenvalue weighted by atomic mass is 16.5. The summed E-state index contributed by atoms with van der Waals surface area (Å²) in [7, 11) is 0. The topological polar surface area (TPSA) is 99.0 Å². The average Bonchev–Trinajstić information content (AvgIpc) is 2.79. The number of para-hydroxylation sites is 1. The van der Waals surface area contributed by atoms with Crippen molar-refractivity contribution in [3.05, 3.63) is 70.5 Å². The largest absolute Gasteiger partial charge is 0.474 e. The number of ether oxygens (including phenoxy) is 1. The Morgan fingerprint density at radius 1 is 1.10 bits per heavy atom. The number of carbonyl (C=O) groups excluding carboxylic acids is 1. The number of nitrogens with one attached hydrogen (secondary N) is 1. The number of hydrogen-bond donors (Lipinski definition) is 1. The number of amides is 1. The van der Waals surface area contributed by atoms with E-state index >= 15 is 0 Å². The second-order valence-corrected chi connectivity index (χ2v) is 7.36. The standard InChI is InChI=1S/C23H23N5O3/c1-3-16(14-31-23-18-9-4-6-10-19(18)25-27-26-23)24-21(29)13-28-20-11-7-5-8-17(20)15(2)12-22(28)30/h4-12,16H,3,13-14H2,1-2H3,(H,24,29). The molecule has 0 aliphatic heterocycles. The lowest BCUT2D eigenvalue weighted by atomic mass is 10.1. The van der Waals surface area contributed by atoms with Gasteiger partial charge in [-0.15, -0.1) is 5.10 Å². The van der Waals surface area contributed by atoms with Gasteiger partial charge in [-0.25, -0.2) is 0 Å². The van der Waals surface area contributed by atoms with Crippen LogP contribution in [-0.4, -0.2) is 38.5 Å². The molecule has 1 atom stereocenters. The molecule has 1 N–H and O–H groups in total. The quantitative estimate of drug-likeness (QED) is 0.496. The Morgan fingerprint density at radius 2 is 1.84 bits per heavy atom. The van der Waals surface area contributed by atoms with Crippen LogP contribution in [0.5, 0.6) is 5.88 Å². The van der Waals surface area contributed by atoms with E-state index in [9.17, 15) is 9.59 Å². The Labute approximate surface area is 178 Å². The van der Waals surface area contributed by atoms with Crippen LogP contribution >= 0.6 is 0 Å². The molecular formula is C23H23N5O3. The number of rotatable bonds is 7. The third-order valence-corrected chi connectivity index (χ3v) is 5.23. The van der Waals surface area contributed by atoms with E-state index in [0.717, 1.165) is 21.9 Å². The van der Waals surface area contributed by atoms with Gasteiger partial charge in [0.15, 0.2) is 0 Å². The van der Waals surface area contributed by atoms with Crippen molar-refractivity contribution in [3.8, 4) is 5.88 Å². The minimum Gasteiger partial charge on any atom is -0.474 e. The molecule has 2 aromatic heterocycles. The summed E-state index contributed by atoms with van der Waals surface area (Å²) in [6, 6.07) is 16.3. The van der Waals surface area contributed by atoms with Gasteiger partial charge in [0.25, 0.3) is 5.56 Å². The highest BCUT2D eigenvalue weighted by molar-refractivity contribution is 5.85. The Morgan fingerprint density at radius 3 is 2.65 bits per heavy atom. The maximum Gasteiger partial charge on any atom is 0.251 e. The average molecular weight is 417 g/mol. The van der Waals surface area contributed by atoms with Gasteiger partial charge in [-0.3, -0.25) is 14.2 Å². The molecular weight excluding hydrogens is 394 g/mol. The van der Waals surface area contributed by atoms with Crippen LogP contribution in [0.2, 0.25) is 0 Å². The zero-order chi connectivity index (χ0) is 21.8. The lowest BCUT2D eigenvalue weighted by Gasteiger charge is -2.18. The SMILES string of the molecule is CCC(COc1nnnc2ccccc12)NC(=O)Cn1c(=O)cc(C)c2ccccc21. The van der Waals surface area contributed by atoms with E-state index < -0.39 is 0 Å². The van der Waals surface area contributed by atoms with Gasteiger partial charge in [0.1, 0.15) is 18.7 Å². The number of carbonyl (C=O) groups is 1. The minimum atomic E-state index is -0.253. The first kappa shape index (κ1) is 20.5. The molecule has 1 unspecified atom stereocenters. The fourth-order valence-electron chi connectivity index (χ4n) is 3.54. The Kier molecular flexibility index (Phi) is 5.88. The molecule has 2 aromatic carbocycles. The van der Waals surface area contributed by atoms with Crippen LogP contribution in [0, 0.1) is 6.92 Å². The van der Waals surface area contributed by atoms with Crippen LogP contribution in [-0.2, 0) is 11.3 Å².